The molecule has 2 aromatic carbocycles. The van der Waals surface area contributed by atoms with Crippen LogP contribution in [0.5, 0.6) is 5.75 Å². The van der Waals surface area contributed by atoms with Crippen molar-refractivity contribution in [3.05, 3.63) is 81.3 Å². The van der Waals surface area contributed by atoms with Gasteiger partial charge in [-0.05, 0) is 36.2 Å². The SMILES string of the molecule is Cc1ccc(OCCO)cc1Nc1nc(=O)c(F)cn1Cc1cc(F)c(F)c(F)c1. The summed E-state index contributed by atoms with van der Waals surface area (Å²) in [7, 11) is 0. The van der Waals surface area contributed by atoms with Crippen LogP contribution in [0.25, 0.3) is 0 Å². The third kappa shape index (κ3) is 4.77. The highest BCUT2D eigenvalue weighted by molar-refractivity contribution is 5.61. The molecule has 3 rings (SSSR count). The van der Waals surface area contributed by atoms with Gasteiger partial charge in [-0.3, -0.25) is 4.79 Å². The number of ether oxygens (including phenoxy) is 1. The molecule has 0 fully saturated rings. The zero-order chi connectivity index (χ0) is 21.8. The molecule has 6 nitrogen and oxygen atoms in total. The molecule has 158 valence electrons. The number of benzene rings is 2. The molecule has 30 heavy (non-hydrogen) atoms. The van der Waals surface area contributed by atoms with Crippen molar-refractivity contribution in [2.24, 2.45) is 0 Å². The number of aryl methyl sites for hydroxylation is 1. The van der Waals surface area contributed by atoms with Crippen molar-refractivity contribution in [3.63, 3.8) is 0 Å². The number of rotatable bonds is 7. The van der Waals surface area contributed by atoms with Crippen molar-refractivity contribution in [1.29, 1.82) is 0 Å². The standard InChI is InChI=1S/C20H17F4N3O3/c1-11-2-3-13(30-5-4-28)8-17(11)25-20-26-19(29)16(23)10-27(20)9-12-6-14(21)18(24)15(22)7-12/h2-3,6-8,10,28H,4-5,9H2,1H3,(H,25,26,29). The lowest BCUT2D eigenvalue weighted by Crippen LogP contribution is -2.20. The van der Waals surface area contributed by atoms with E-state index in [0.29, 0.717) is 11.4 Å². The minimum atomic E-state index is -1.61. The number of anilines is 2. The molecular weight excluding hydrogens is 406 g/mol. The molecule has 0 unspecified atom stereocenters. The average Bonchev–Trinajstić information content (AvgIpc) is 2.70. The van der Waals surface area contributed by atoms with Gasteiger partial charge in [-0.25, -0.2) is 13.2 Å². The van der Waals surface area contributed by atoms with Gasteiger partial charge in [-0.15, -0.1) is 0 Å². The first-order chi connectivity index (χ1) is 14.3. The van der Waals surface area contributed by atoms with Crippen LogP contribution in [0.3, 0.4) is 0 Å². The first-order valence-electron chi connectivity index (χ1n) is 8.80. The van der Waals surface area contributed by atoms with Crippen LogP contribution in [-0.2, 0) is 6.54 Å². The molecule has 0 saturated heterocycles. The van der Waals surface area contributed by atoms with Crippen molar-refractivity contribution >= 4 is 11.6 Å². The Morgan fingerprint density at radius 3 is 2.47 bits per heavy atom. The van der Waals surface area contributed by atoms with E-state index in [0.717, 1.165) is 28.5 Å². The molecule has 1 aromatic heterocycles. The van der Waals surface area contributed by atoms with E-state index in [1.54, 1.807) is 25.1 Å². The molecule has 0 aliphatic heterocycles. The first kappa shape index (κ1) is 21.3. The zero-order valence-corrected chi connectivity index (χ0v) is 15.8. The highest BCUT2D eigenvalue weighted by atomic mass is 19.2. The topological polar surface area (TPSA) is 76.4 Å². The largest absolute Gasteiger partial charge is 0.491 e. The highest BCUT2D eigenvalue weighted by Crippen LogP contribution is 2.25. The maximum atomic E-state index is 13.8. The molecular formula is C20H17F4N3O3. The van der Waals surface area contributed by atoms with Gasteiger partial charge in [-0.1, -0.05) is 6.07 Å². The van der Waals surface area contributed by atoms with E-state index in [4.69, 9.17) is 9.84 Å². The summed E-state index contributed by atoms with van der Waals surface area (Å²) in [5.74, 6) is -5.24. The number of hydrogen-bond donors (Lipinski definition) is 2. The summed E-state index contributed by atoms with van der Waals surface area (Å²) in [6, 6.07) is 6.51. The van der Waals surface area contributed by atoms with Crippen LogP contribution in [-0.4, -0.2) is 27.9 Å². The number of nitrogens with zero attached hydrogens (tertiary/aromatic N) is 2. The first-order valence-corrected chi connectivity index (χ1v) is 8.80. The summed E-state index contributed by atoms with van der Waals surface area (Å²) in [6.07, 6.45) is 0.832. The fourth-order valence-electron chi connectivity index (χ4n) is 2.69. The summed E-state index contributed by atoms with van der Waals surface area (Å²) >= 11 is 0. The molecule has 2 N–H and O–H groups in total. The second-order valence-electron chi connectivity index (χ2n) is 6.39. The molecule has 3 aromatic rings. The van der Waals surface area contributed by atoms with Crippen molar-refractivity contribution in [2.45, 2.75) is 13.5 Å². The van der Waals surface area contributed by atoms with Gasteiger partial charge in [0.1, 0.15) is 12.4 Å². The van der Waals surface area contributed by atoms with E-state index < -0.39 is 28.8 Å². The molecule has 10 heteroatoms. The average molecular weight is 423 g/mol. The van der Waals surface area contributed by atoms with Gasteiger partial charge in [0.15, 0.2) is 17.5 Å². The van der Waals surface area contributed by atoms with Crippen LogP contribution in [0.4, 0.5) is 29.2 Å². The summed E-state index contributed by atoms with van der Waals surface area (Å²) in [5.41, 5.74) is 0.0658. The molecule has 0 radical (unpaired) electrons. The Morgan fingerprint density at radius 2 is 1.80 bits per heavy atom. The highest BCUT2D eigenvalue weighted by Gasteiger charge is 2.14. The lowest BCUT2D eigenvalue weighted by molar-refractivity contribution is 0.201. The van der Waals surface area contributed by atoms with Crippen molar-refractivity contribution in [2.75, 3.05) is 18.5 Å². The predicted molar refractivity (Wildman–Crippen MR) is 101 cm³/mol. The smallest absolute Gasteiger partial charge is 0.310 e. The van der Waals surface area contributed by atoms with E-state index in [1.165, 1.54) is 0 Å². The lowest BCUT2D eigenvalue weighted by atomic mass is 10.2. The van der Waals surface area contributed by atoms with Gasteiger partial charge >= 0.3 is 5.56 Å². The maximum Gasteiger partial charge on any atom is 0.310 e. The lowest BCUT2D eigenvalue weighted by Gasteiger charge is -2.16. The third-order valence-corrected chi connectivity index (χ3v) is 4.17. The van der Waals surface area contributed by atoms with Crippen LogP contribution in [0.1, 0.15) is 11.1 Å². The number of nitrogens with one attached hydrogen (secondary N) is 1. The molecule has 0 aliphatic carbocycles. The molecule has 0 saturated carbocycles. The van der Waals surface area contributed by atoms with E-state index in [2.05, 4.69) is 10.3 Å². The zero-order valence-electron chi connectivity index (χ0n) is 15.8. The summed E-state index contributed by atoms with van der Waals surface area (Å²) < 4.78 is 60.5. The number of hydrogen-bond acceptors (Lipinski definition) is 5. The third-order valence-electron chi connectivity index (χ3n) is 4.17. The number of aliphatic hydroxyl groups is 1. The van der Waals surface area contributed by atoms with Crippen LogP contribution in [0, 0.1) is 30.2 Å². The Balaban J connectivity index is 1.98. The van der Waals surface area contributed by atoms with Crippen LogP contribution >= 0.6 is 0 Å². The molecule has 0 aliphatic rings. The normalized spacial score (nSPS) is 10.9. The molecule has 1 heterocycles. The van der Waals surface area contributed by atoms with Gasteiger partial charge < -0.3 is 19.7 Å². The molecule has 0 atom stereocenters. The van der Waals surface area contributed by atoms with Crippen LogP contribution in [0.15, 0.2) is 41.3 Å². The molecule has 0 amide bonds. The molecule has 0 bridgehead atoms. The summed E-state index contributed by atoms with van der Waals surface area (Å²) in [6.45, 7) is 1.36. The number of aromatic nitrogens is 2. The Bertz CT molecular complexity index is 1110. The Hall–Kier alpha value is -3.40. The minimum absolute atomic E-state index is 0.00366. The second-order valence-corrected chi connectivity index (χ2v) is 6.39. The van der Waals surface area contributed by atoms with Gasteiger partial charge in [0.05, 0.1) is 13.2 Å². The van der Waals surface area contributed by atoms with Gasteiger partial charge in [0.25, 0.3) is 0 Å². The van der Waals surface area contributed by atoms with Crippen molar-refractivity contribution < 1.29 is 27.4 Å². The maximum absolute atomic E-state index is 13.8. The quantitative estimate of drug-likeness (QED) is 0.451. The summed E-state index contributed by atoms with van der Waals surface area (Å²) in [5, 5.41) is 11.7. The van der Waals surface area contributed by atoms with Gasteiger partial charge in [0, 0.05) is 18.0 Å². The van der Waals surface area contributed by atoms with Crippen molar-refractivity contribution in [3.8, 4) is 5.75 Å². The van der Waals surface area contributed by atoms with E-state index in [1.807, 2.05) is 0 Å². The van der Waals surface area contributed by atoms with Crippen LogP contribution in [0.2, 0.25) is 0 Å². The van der Waals surface area contributed by atoms with Gasteiger partial charge in [-0.2, -0.15) is 9.37 Å². The Labute approximate surface area is 168 Å². The van der Waals surface area contributed by atoms with Gasteiger partial charge in [0.2, 0.25) is 11.8 Å². The molecule has 0 spiro atoms. The monoisotopic (exact) mass is 423 g/mol. The van der Waals surface area contributed by atoms with Crippen molar-refractivity contribution in [1.82, 2.24) is 9.55 Å². The van der Waals surface area contributed by atoms with E-state index >= 15 is 0 Å². The Morgan fingerprint density at radius 1 is 1.10 bits per heavy atom. The van der Waals surface area contributed by atoms with Crippen LogP contribution < -0.4 is 15.6 Å². The fraction of sp³-hybridized carbons (Fsp3) is 0.200. The fourth-order valence-corrected chi connectivity index (χ4v) is 2.69. The number of halogens is 4. The minimum Gasteiger partial charge on any atom is -0.491 e. The number of aliphatic hydroxyl groups excluding tert-OH is 1. The predicted octanol–water partition coefficient (Wildman–Crippen LogP) is 3.27. The Kier molecular flexibility index (Phi) is 6.36. The van der Waals surface area contributed by atoms with E-state index in [9.17, 15) is 22.4 Å². The summed E-state index contributed by atoms with van der Waals surface area (Å²) in [4.78, 5) is 15.4. The second kappa shape index (κ2) is 8.95. The van der Waals surface area contributed by atoms with E-state index in [-0.39, 0.29) is 31.3 Å².